The average molecular weight is 307 g/mol. The molecule has 1 aliphatic heterocycles. The summed E-state index contributed by atoms with van der Waals surface area (Å²) in [5.74, 6) is -0.132. The molecule has 7 heteroatoms. The van der Waals surface area contributed by atoms with E-state index in [4.69, 9.17) is 11.6 Å². The van der Waals surface area contributed by atoms with Gasteiger partial charge >= 0.3 is 0 Å². The molecule has 1 atom stereocenters. The maximum atomic E-state index is 12.7. The van der Waals surface area contributed by atoms with Gasteiger partial charge in [-0.05, 0) is 31.4 Å². The number of nitrogens with one attached hydrogen (secondary N) is 2. The quantitative estimate of drug-likeness (QED) is 0.891. The Labute approximate surface area is 126 Å². The topological polar surface area (TPSA) is 81.8 Å². The third-order valence-electron chi connectivity index (χ3n) is 3.75. The molecule has 2 aromatic rings. The van der Waals surface area contributed by atoms with Crippen molar-refractivity contribution >= 4 is 17.5 Å². The van der Waals surface area contributed by atoms with Crippen LogP contribution in [0, 0.1) is 0 Å². The van der Waals surface area contributed by atoms with Crippen LogP contribution in [0.2, 0.25) is 5.02 Å². The molecule has 1 amide bonds. The normalized spacial score (nSPS) is 18.7. The molecule has 1 aliphatic rings. The Kier molecular flexibility index (Phi) is 3.79. The fourth-order valence-electron chi connectivity index (χ4n) is 2.70. The Balaban J connectivity index is 1.90. The van der Waals surface area contributed by atoms with Crippen LogP contribution in [-0.4, -0.2) is 32.5 Å². The predicted molar refractivity (Wildman–Crippen MR) is 78.3 cm³/mol. The van der Waals surface area contributed by atoms with Gasteiger partial charge in [0.05, 0.1) is 17.3 Å². The van der Waals surface area contributed by atoms with Gasteiger partial charge in [0.25, 0.3) is 11.5 Å². The Hall–Kier alpha value is -2.08. The summed E-state index contributed by atoms with van der Waals surface area (Å²) >= 11 is 5.80. The number of aromatic nitrogens is 3. The zero-order valence-corrected chi connectivity index (χ0v) is 12.1. The summed E-state index contributed by atoms with van der Waals surface area (Å²) in [6.45, 7) is 0.680. The van der Waals surface area contributed by atoms with Gasteiger partial charge in [0.15, 0.2) is 0 Å². The number of piperidine rings is 1. The van der Waals surface area contributed by atoms with Crippen LogP contribution in [0.4, 0.5) is 0 Å². The third-order valence-corrected chi connectivity index (χ3v) is 4.03. The molecule has 2 aromatic heterocycles. The Morgan fingerprint density at radius 2 is 2.29 bits per heavy atom. The van der Waals surface area contributed by atoms with Gasteiger partial charge in [-0.15, -0.1) is 0 Å². The second kappa shape index (κ2) is 5.73. The van der Waals surface area contributed by atoms with Crippen molar-refractivity contribution in [3.63, 3.8) is 0 Å². The standard InChI is InChI=1S/C14H15ClN4O2/c15-10-7-9(8-16-13(10)20)14(21)19-6-2-1-3-12(19)11-4-5-17-18-11/h4-5,7-8,12H,1-3,6H2,(H,16,20)(H,17,18). The first-order valence-electron chi connectivity index (χ1n) is 6.85. The molecular formula is C14H15ClN4O2. The van der Waals surface area contributed by atoms with Crippen LogP contribution < -0.4 is 5.56 Å². The van der Waals surface area contributed by atoms with Crippen molar-refractivity contribution in [3.8, 4) is 0 Å². The number of carbonyl (C=O) groups excluding carboxylic acids is 1. The van der Waals surface area contributed by atoms with Crippen LogP contribution >= 0.6 is 11.6 Å². The molecule has 110 valence electrons. The molecule has 0 spiro atoms. The van der Waals surface area contributed by atoms with E-state index in [1.807, 2.05) is 6.07 Å². The molecular weight excluding hydrogens is 292 g/mol. The van der Waals surface area contributed by atoms with E-state index in [1.54, 1.807) is 11.1 Å². The first kappa shape index (κ1) is 13.9. The number of hydrogen-bond acceptors (Lipinski definition) is 3. The van der Waals surface area contributed by atoms with Crippen LogP contribution in [0.1, 0.15) is 41.4 Å². The lowest BCUT2D eigenvalue weighted by atomic mass is 9.98. The number of halogens is 1. The smallest absolute Gasteiger partial charge is 0.266 e. The highest BCUT2D eigenvalue weighted by atomic mass is 35.5. The summed E-state index contributed by atoms with van der Waals surface area (Å²) in [6, 6.07) is 3.29. The third kappa shape index (κ3) is 2.71. The highest BCUT2D eigenvalue weighted by Gasteiger charge is 2.29. The van der Waals surface area contributed by atoms with E-state index in [0.717, 1.165) is 25.0 Å². The Morgan fingerprint density at radius 3 is 3.00 bits per heavy atom. The lowest BCUT2D eigenvalue weighted by Crippen LogP contribution is -2.39. The molecule has 1 unspecified atom stereocenters. The van der Waals surface area contributed by atoms with Gasteiger partial charge in [0.1, 0.15) is 5.02 Å². The van der Waals surface area contributed by atoms with Crippen molar-refractivity contribution in [2.75, 3.05) is 6.54 Å². The van der Waals surface area contributed by atoms with E-state index in [9.17, 15) is 9.59 Å². The number of rotatable bonds is 2. The fraction of sp³-hybridized carbons (Fsp3) is 0.357. The molecule has 2 N–H and O–H groups in total. The number of amides is 1. The largest absolute Gasteiger partial charge is 0.330 e. The van der Waals surface area contributed by atoms with Gasteiger partial charge in [0.2, 0.25) is 0 Å². The maximum absolute atomic E-state index is 12.7. The number of aromatic amines is 2. The summed E-state index contributed by atoms with van der Waals surface area (Å²) in [5, 5.41) is 6.92. The van der Waals surface area contributed by atoms with Crippen LogP contribution in [0.5, 0.6) is 0 Å². The van der Waals surface area contributed by atoms with E-state index in [1.165, 1.54) is 12.3 Å². The first-order valence-corrected chi connectivity index (χ1v) is 7.23. The van der Waals surface area contributed by atoms with E-state index < -0.39 is 5.56 Å². The van der Waals surface area contributed by atoms with Crippen molar-refractivity contribution in [1.29, 1.82) is 0 Å². The molecule has 1 saturated heterocycles. The molecule has 1 fully saturated rings. The lowest BCUT2D eigenvalue weighted by molar-refractivity contribution is 0.0605. The molecule has 0 radical (unpaired) electrons. The van der Waals surface area contributed by atoms with E-state index in [0.29, 0.717) is 12.1 Å². The van der Waals surface area contributed by atoms with Gasteiger partial charge in [-0.2, -0.15) is 5.10 Å². The monoisotopic (exact) mass is 306 g/mol. The minimum absolute atomic E-state index is 0.0144. The van der Waals surface area contributed by atoms with Crippen molar-refractivity contribution in [1.82, 2.24) is 20.1 Å². The van der Waals surface area contributed by atoms with Crippen molar-refractivity contribution in [2.24, 2.45) is 0 Å². The molecule has 0 bridgehead atoms. The van der Waals surface area contributed by atoms with Crippen molar-refractivity contribution in [3.05, 3.63) is 51.2 Å². The molecule has 3 heterocycles. The number of hydrogen-bond donors (Lipinski definition) is 2. The number of pyridine rings is 1. The average Bonchev–Trinajstić information content (AvgIpc) is 3.03. The summed E-state index contributed by atoms with van der Waals surface area (Å²) in [4.78, 5) is 28.3. The minimum Gasteiger partial charge on any atom is -0.330 e. The molecule has 0 aliphatic carbocycles. The zero-order chi connectivity index (χ0) is 14.8. The van der Waals surface area contributed by atoms with Crippen molar-refractivity contribution < 1.29 is 4.79 Å². The molecule has 3 rings (SSSR count). The number of H-pyrrole nitrogens is 2. The van der Waals surface area contributed by atoms with Gasteiger partial charge in [-0.3, -0.25) is 14.7 Å². The summed E-state index contributed by atoms with van der Waals surface area (Å²) < 4.78 is 0. The van der Waals surface area contributed by atoms with Crippen LogP contribution in [-0.2, 0) is 0 Å². The fourth-order valence-corrected chi connectivity index (χ4v) is 2.87. The Bertz CT molecular complexity index is 695. The number of nitrogens with zero attached hydrogens (tertiary/aromatic N) is 2. The van der Waals surface area contributed by atoms with E-state index >= 15 is 0 Å². The maximum Gasteiger partial charge on any atom is 0.266 e. The van der Waals surface area contributed by atoms with Crippen LogP contribution in [0.15, 0.2) is 29.3 Å². The van der Waals surface area contributed by atoms with E-state index in [-0.39, 0.29) is 17.0 Å². The number of carbonyl (C=O) groups is 1. The van der Waals surface area contributed by atoms with Gasteiger partial charge in [0, 0.05) is 18.9 Å². The summed E-state index contributed by atoms with van der Waals surface area (Å²) in [6.07, 6.45) is 6.02. The minimum atomic E-state index is -0.392. The summed E-state index contributed by atoms with van der Waals surface area (Å²) in [5.41, 5.74) is 0.932. The van der Waals surface area contributed by atoms with E-state index in [2.05, 4.69) is 15.2 Å². The van der Waals surface area contributed by atoms with Crippen molar-refractivity contribution in [2.45, 2.75) is 25.3 Å². The summed E-state index contributed by atoms with van der Waals surface area (Å²) in [7, 11) is 0. The second-order valence-corrected chi connectivity index (χ2v) is 5.49. The molecule has 0 saturated carbocycles. The zero-order valence-electron chi connectivity index (χ0n) is 11.3. The number of likely N-dealkylation sites (tertiary alicyclic amines) is 1. The van der Waals surface area contributed by atoms with Crippen LogP contribution in [0.3, 0.4) is 0 Å². The first-order chi connectivity index (χ1) is 10.2. The van der Waals surface area contributed by atoms with Gasteiger partial charge in [-0.25, -0.2) is 0 Å². The Morgan fingerprint density at radius 1 is 1.43 bits per heavy atom. The van der Waals surface area contributed by atoms with Gasteiger partial charge < -0.3 is 9.88 Å². The highest BCUT2D eigenvalue weighted by Crippen LogP contribution is 2.30. The molecule has 21 heavy (non-hydrogen) atoms. The SMILES string of the molecule is O=C(c1c[nH]c(=O)c(Cl)c1)N1CCCCC1c1ccn[nH]1. The predicted octanol–water partition coefficient (Wildman–Crippen LogP) is 2.12. The van der Waals surface area contributed by atoms with Gasteiger partial charge in [-0.1, -0.05) is 11.6 Å². The van der Waals surface area contributed by atoms with Crippen LogP contribution in [0.25, 0.3) is 0 Å². The highest BCUT2D eigenvalue weighted by molar-refractivity contribution is 6.30. The molecule has 6 nitrogen and oxygen atoms in total. The second-order valence-electron chi connectivity index (χ2n) is 5.09. The lowest BCUT2D eigenvalue weighted by Gasteiger charge is -2.35. The molecule has 0 aromatic carbocycles.